The summed E-state index contributed by atoms with van der Waals surface area (Å²) in [7, 11) is 0. The van der Waals surface area contributed by atoms with Gasteiger partial charge >= 0.3 is 0 Å². The van der Waals surface area contributed by atoms with Gasteiger partial charge < -0.3 is 24.7 Å². The molecule has 2 N–H and O–H groups in total. The van der Waals surface area contributed by atoms with Crippen molar-refractivity contribution < 1.29 is 18.9 Å². The lowest BCUT2D eigenvalue weighted by molar-refractivity contribution is 0.0118. The highest BCUT2D eigenvalue weighted by molar-refractivity contribution is 7.99. The van der Waals surface area contributed by atoms with E-state index in [9.17, 15) is 10.5 Å². The Balaban J connectivity index is 2.57. The predicted octanol–water partition coefficient (Wildman–Crippen LogP) is 5.34. The first-order valence-electron chi connectivity index (χ1n) is 9.71. The highest BCUT2D eigenvalue weighted by Gasteiger charge is 2.27. The van der Waals surface area contributed by atoms with Crippen LogP contribution in [0.15, 0.2) is 34.1 Å². The average molecular weight is 462 g/mol. The molecule has 0 fully saturated rings. The Hall–Kier alpha value is -2.62. The molecule has 0 aliphatic rings. The van der Waals surface area contributed by atoms with Crippen LogP contribution in [0.3, 0.4) is 0 Å². The van der Waals surface area contributed by atoms with Crippen LogP contribution in [0.2, 0.25) is 5.02 Å². The SMILES string of the molecule is CCCOCOc1c(Cl)c(Sc2ccccc2N)c(OCOCCC)c(C#N)c1C#N. The number of hydrogen-bond donors (Lipinski definition) is 1. The maximum atomic E-state index is 9.82. The predicted molar refractivity (Wildman–Crippen MR) is 119 cm³/mol. The summed E-state index contributed by atoms with van der Waals surface area (Å²) in [5.41, 5.74) is 6.61. The molecule has 2 aromatic rings. The monoisotopic (exact) mass is 461 g/mol. The number of nitrogens with zero attached hydrogens (tertiary/aromatic N) is 2. The molecule has 0 aromatic heterocycles. The summed E-state index contributed by atoms with van der Waals surface area (Å²) in [6.07, 6.45) is 1.62. The average Bonchev–Trinajstić information content (AvgIpc) is 2.78. The third kappa shape index (κ3) is 6.43. The van der Waals surface area contributed by atoms with Gasteiger partial charge in [-0.1, -0.05) is 49.3 Å². The minimum atomic E-state index is -0.107. The molecule has 2 aromatic carbocycles. The van der Waals surface area contributed by atoms with Crippen molar-refractivity contribution in [3.63, 3.8) is 0 Å². The lowest BCUT2D eigenvalue weighted by Gasteiger charge is -2.19. The van der Waals surface area contributed by atoms with Gasteiger partial charge in [0, 0.05) is 10.6 Å². The molecule has 164 valence electrons. The standard InChI is InChI=1S/C22H24ClN3O4S/c1-3-9-27-13-29-20-15(11-24)16(12-25)21(30-14-28-10-4-2)22(19(20)23)31-18-8-6-5-7-17(18)26/h5-8H,3-4,9-10,13-14,26H2,1-2H3. The third-order valence-corrected chi connectivity index (χ3v) is 5.59. The van der Waals surface area contributed by atoms with Gasteiger partial charge in [-0.15, -0.1) is 0 Å². The molecule has 31 heavy (non-hydrogen) atoms. The summed E-state index contributed by atoms with van der Waals surface area (Å²) < 4.78 is 22.2. The molecular formula is C22H24ClN3O4S. The van der Waals surface area contributed by atoms with E-state index in [-0.39, 0.29) is 41.2 Å². The van der Waals surface area contributed by atoms with Gasteiger partial charge in [-0.2, -0.15) is 10.5 Å². The van der Waals surface area contributed by atoms with Gasteiger partial charge in [-0.3, -0.25) is 0 Å². The second-order valence-corrected chi connectivity index (χ2v) is 7.69. The highest BCUT2D eigenvalue weighted by Crippen LogP contribution is 2.49. The van der Waals surface area contributed by atoms with E-state index in [4.69, 9.17) is 36.3 Å². The Morgan fingerprint density at radius 3 is 2.03 bits per heavy atom. The Labute approximate surface area is 191 Å². The van der Waals surface area contributed by atoms with E-state index in [1.54, 1.807) is 6.07 Å². The van der Waals surface area contributed by atoms with Crippen molar-refractivity contribution >= 4 is 29.1 Å². The molecule has 0 spiro atoms. The molecule has 0 atom stereocenters. The number of halogens is 1. The largest absolute Gasteiger partial charge is 0.465 e. The molecule has 0 bridgehead atoms. The number of nitrogens with two attached hydrogens (primary N) is 1. The molecule has 0 amide bonds. The van der Waals surface area contributed by atoms with Crippen molar-refractivity contribution in [3.8, 4) is 23.6 Å². The zero-order valence-corrected chi connectivity index (χ0v) is 19.0. The molecule has 0 saturated heterocycles. The van der Waals surface area contributed by atoms with Gasteiger partial charge in [0.05, 0.1) is 18.1 Å². The van der Waals surface area contributed by atoms with Gasteiger partial charge in [-0.25, -0.2) is 0 Å². The van der Waals surface area contributed by atoms with Crippen molar-refractivity contribution in [2.45, 2.75) is 36.5 Å². The number of nitrogen functional groups attached to an aromatic ring is 1. The first kappa shape index (κ1) is 24.6. The molecule has 0 radical (unpaired) electrons. The zero-order chi connectivity index (χ0) is 22.6. The van der Waals surface area contributed by atoms with Crippen molar-refractivity contribution in [3.05, 3.63) is 40.4 Å². The van der Waals surface area contributed by atoms with Crippen LogP contribution in [0.25, 0.3) is 0 Å². The lowest BCUT2D eigenvalue weighted by atomic mass is 10.1. The number of anilines is 1. The zero-order valence-electron chi connectivity index (χ0n) is 17.4. The van der Waals surface area contributed by atoms with Gasteiger partial charge in [0.25, 0.3) is 0 Å². The Morgan fingerprint density at radius 1 is 0.935 bits per heavy atom. The van der Waals surface area contributed by atoms with E-state index in [1.807, 2.05) is 44.2 Å². The van der Waals surface area contributed by atoms with E-state index in [0.717, 1.165) is 12.8 Å². The van der Waals surface area contributed by atoms with Crippen LogP contribution in [-0.2, 0) is 9.47 Å². The van der Waals surface area contributed by atoms with Crippen LogP contribution in [0, 0.1) is 22.7 Å². The smallest absolute Gasteiger partial charge is 0.189 e. The number of para-hydroxylation sites is 1. The molecule has 0 aliphatic heterocycles. The first-order chi connectivity index (χ1) is 15.1. The molecular weight excluding hydrogens is 438 g/mol. The number of hydrogen-bond acceptors (Lipinski definition) is 8. The summed E-state index contributed by atoms with van der Waals surface area (Å²) in [4.78, 5) is 1.12. The van der Waals surface area contributed by atoms with E-state index >= 15 is 0 Å². The molecule has 0 unspecified atom stereocenters. The van der Waals surface area contributed by atoms with Crippen LogP contribution in [0.5, 0.6) is 11.5 Å². The van der Waals surface area contributed by atoms with E-state index in [2.05, 4.69) is 0 Å². The van der Waals surface area contributed by atoms with Crippen LogP contribution < -0.4 is 15.2 Å². The maximum absolute atomic E-state index is 9.82. The number of nitriles is 2. The minimum Gasteiger partial charge on any atom is -0.465 e. The number of benzene rings is 2. The third-order valence-electron chi connectivity index (χ3n) is 3.93. The molecule has 2 rings (SSSR count). The van der Waals surface area contributed by atoms with Gasteiger partial charge in [0.15, 0.2) is 25.1 Å². The van der Waals surface area contributed by atoms with Crippen LogP contribution >= 0.6 is 23.4 Å². The Morgan fingerprint density at radius 2 is 1.48 bits per heavy atom. The van der Waals surface area contributed by atoms with E-state index < -0.39 is 0 Å². The number of ether oxygens (including phenoxy) is 4. The molecule has 7 nitrogen and oxygen atoms in total. The summed E-state index contributed by atoms with van der Waals surface area (Å²) >= 11 is 7.88. The first-order valence-corrected chi connectivity index (χ1v) is 10.9. The fourth-order valence-electron chi connectivity index (χ4n) is 2.52. The quantitative estimate of drug-likeness (QED) is 0.256. The van der Waals surface area contributed by atoms with Crippen LogP contribution in [-0.4, -0.2) is 26.8 Å². The Kier molecular flexibility index (Phi) is 10.3. The molecule has 9 heteroatoms. The Bertz CT molecular complexity index is 973. The minimum absolute atomic E-state index is 0.00879. The lowest BCUT2D eigenvalue weighted by Crippen LogP contribution is -2.10. The molecule has 0 heterocycles. The van der Waals surface area contributed by atoms with Gasteiger partial charge in [0.2, 0.25) is 0 Å². The summed E-state index contributed by atoms with van der Waals surface area (Å²) in [5.74, 6) is 0.214. The van der Waals surface area contributed by atoms with Crippen molar-refractivity contribution in [1.82, 2.24) is 0 Å². The number of rotatable bonds is 12. The summed E-state index contributed by atoms with van der Waals surface area (Å²) in [5, 5.41) is 19.7. The van der Waals surface area contributed by atoms with E-state index in [1.165, 1.54) is 11.8 Å². The van der Waals surface area contributed by atoms with Crippen LogP contribution in [0.1, 0.15) is 37.8 Å². The second-order valence-electron chi connectivity index (χ2n) is 6.26. The van der Waals surface area contributed by atoms with Crippen molar-refractivity contribution in [2.24, 2.45) is 0 Å². The molecule has 0 saturated carbocycles. The fraction of sp³-hybridized carbons (Fsp3) is 0.364. The maximum Gasteiger partial charge on any atom is 0.189 e. The summed E-state index contributed by atoms with van der Waals surface area (Å²) in [6, 6.07) is 11.3. The topological polar surface area (TPSA) is 111 Å². The highest BCUT2D eigenvalue weighted by atomic mass is 35.5. The van der Waals surface area contributed by atoms with Gasteiger partial charge in [0.1, 0.15) is 28.3 Å². The van der Waals surface area contributed by atoms with E-state index in [0.29, 0.717) is 28.7 Å². The normalized spacial score (nSPS) is 10.4. The van der Waals surface area contributed by atoms with Crippen LogP contribution in [0.4, 0.5) is 5.69 Å². The summed E-state index contributed by atoms with van der Waals surface area (Å²) in [6.45, 7) is 4.71. The van der Waals surface area contributed by atoms with Crippen molar-refractivity contribution in [2.75, 3.05) is 32.5 Å². The fourth-order valence-corrected chi connectivity index (χ4v) is 3.86. The van der Waals surface area contributed by atoms with Gasteiger partial charge in [-0.05, 0) is 25.0 Å². The van der Waals surface area contributed by atoms with Crippen molar-refractivity contribution in [1.29, 1.82) is 10.5 Å². The molecule has 0 aliphatic carbocycles. The second kappa shape index (κ2) is 12.9.